The van der Waals surface area contributed by atoms with Crippen molar-refractivity contribution >= 4 is 55.0 Å². The number of aromatic nitrogens is 2. The van der Waals surface area contributed by atoms with E-state index in [1.54, 1.807) is 6.92 Å². The highest BCUT2D eigenvalue weighted by molar-refractivity contribution is 9.10. The van der Waals surface area contributed by atoms with E-state index in [1.165, 1.54) is 18.3 Å². The molecule has 0 aliphatic rings. The van der Waals surface area contributed by atoms with Crippen LogP contribution in [0.5, 0.6) is 0 Å². The maximum absolute atomic E-state index is 12.3. The van der Waals surface area contributed by atoms with Crippen molar-refractivity contribution in [1.29, 1.82) is 0 Å². The number of aryl methyl sites for hydroxylation is 1. The fourth-order valence-corrected chi connectivity index (χ4v) is 4.45. The van der Waals surface area contributed by atoms with Gasteiger partial charge in [0.05, 0.1) is 16.2 Å². The van der Waals surface area contributed by atoms with Crippen molar-refractivity contribution in [3.05, 3.63) is 38.4 Å². The Morgan fingerprint density at radius 2 is 1.89 bits per heavy atom. The third kappa shape index (κ3) is 3.05. The lowest BCUT2D eigenvalue weighted by Gasteiger charge is -2.10. The van der Waals surface area contributed by atoms with Gasteiger partial charge in [-0.05, 0) is 19.1 Å². The van der Waals surface area contributed by atoms with E-state index in [2.05, 4.69) is 30.8 Å². The molecule has 0 atom stereocenters. The van der Waals surface area contributed by atoms with Crippen LogP contribution in [0.15, 0.2) is 27.7 Å². The molecule has 0 radical (unpaired) electrons. The van der Waals surface area contributed by atoms with Crippen LogP contribution in [0.4, 0.5) is 5.82 Å². The van der Waals surface area contributed by atoms with Gasteiger partial charge in [0, 0.05) is 10.0 Å². The van der Waals surface area contributed by atoms with Crippen molar-refractivity contribution in [2.24, 2.45) is 0 Å². The lowest BCUT2D eigenvalue weighted by atomic mass is 10.4. The van der Waals surface area contributed by atoms with Gasteiger partial charge in [-0.1, -0.05) is 39.1 Å². The van der Waals surface area contributed by atoms with Crippen molar-refractivity contribution in [3.63, 3.8) is 0 Å². The zero-order valence-electron chi connectivity index (χ0n) is 9.54. The third-order valence-electron chi connectivity index (χ3n) is 2.30. The molecule has 0 amide bonds. The molecule has 0 fully saturated rings. The fraction of sp³-hybridized carbons (Fsp3) is 0.100. The highest BCUT2D eigenvalue weighted by Gasteiger charge is 2.23. The van der Waals surface area contributed by atoms with Gasteiger partial charge in [-0.25, -0.2) is 8.42 Å². The first-order valence-corrected chi connectivity index (χ1v) is 8.02. The number of sulfonamides is 1. The van der Waals surface area contributed by atoms with Crippen molar-refractivity contribution in [2.75, 3.05) is 4.72 Å². The van der Waals surface area contributed by atoms with E-state index in [4.69, 9.17) is 23.2 Å². The summed E-state index contributed by atoms with van der Waals surface area (Å²) in [5.41, 5.74) is 0.660. The molecule has 0 saturated heterocycles. The minimum Gasteiger partial charge on any atom is -0.263 e. The Kier molecular flexibility index (Phi) is 4.10. The second-order valence-electron chi connectivity index (χ2n) is 3.73. The van der Waals surface area contributed by atoms with Crippen molar-refractivity contribution < 1.29 is 8.42 Å². The first-order chi connectivity index (χ1) is 8.81. The van der Waals surface area contributed by atoms with Crippen LogP contribution in [0, 0.1) is 6.92 Å². The Balaban J connectivity index is 2.49. The van der Waals surface area contributed by atoms with Gasteiger partial charge in [-0.3, -0.25) is 9.82 Å². The lowest BCUT2D eigenvalue weighted by Crippen LogP contribution is -2.15. The van der Waals surface area contributed by atoms with Gasteiger partial charge in [-0.2, -0.15) is 5.10 Å². The van der Waals surface area contributed by atoms with Crippen LogP contribution < -0.4 is 4.72 Å². The maximum Gasteiger partial charge on any atom is 0.266 e. The molecule has 2 rings (SSSR count). The summed E-state index contributed by atoms with van der Waals surface area (Å²) in [6.45, 7) is 1.71. The van der Waals surface area contributed by atoms with E-state index < -0.39 is 10.0 Å². The van der Waals surface area contributed by atoms with Crippen LogP contribution in [0.3, 0.4) is 0 Å². The number of aromatic amines is 1. The number of H-pyrrole nitrogens is 1. The molecule has 0 aliphatic heterocycles. The molecule has 2 aromatic rings. The molecule has 1 aromatic heterocycles. The first kappa shape index (κ1) is 14.6. The number of anilines is 1. The summed E-state index contributed by atoms with van der Waals surface area (Å²) >= 11 is 15.1. The topological polar surface area (TPSA) is 74.8 Å². The van der Waals surface area contributed by atoms with Crippen LogP contribution in [0.1, 0.15) is 5.56 Å². The Labute approximate surface area is 128 Å². The van der Waals surface area contributed by atoms with Crippen molar-refractivity contribution in [2.45, 2.75) is 11.8 Å². The standard InChI is InChI=1S/C10H8BrCl2N3O2S/c1-5-4-14-15-10(5)16-19(17,18)9-7(12)2-6(11)3-8(9)13/h2-4H,1H3,(H2,14,15,16). The minimum atomic E-state index is -3.89. The SMILES string of the molecule is Cc1cn[nH]c1NS(=O)(=O)c1c(Cl)cc(Br)cc1Cl. The molecule has 0 aliphatic carbocycles. The molecule has 2 N–H and O–H groups in total. The zero-order chi connectivity index (χ0) is 14.2. The largest absolute Gasteiger partial charge is 0.266 e. The molecule has 0 spiro atoms. The quantitative estimate of drug-likeness (QED) is 0.848. The van der Waals surface area contributed by atoms with Crippen molar-refractivity contribution in [1.82, 2.24) is 10.2 Å². The van der Waals surface area contributed by atoms with Crippen LogP contribution in [0.2, 0.25) is 10.0 Å². The van der Waals surface area contributed by atoms with Crippen LogP contribution in [-0.2, 0) is 10.0 Å². The molecule has 0 saturated carbocycles. The second kappa shape index (κ2) is 5.32. The zero-order valence-corrected chi connectivity index (χ0v) is 13.5. The van der Waals surface area contributed by atoms with E-state index in [-0.39, 0.29) is 20.8 Å². The van der Waals surface area contributed by atoms with E-state index >= 15 is 0 Å². The van der Waals surface area contributed by atoms with Gasteiger partial charge in [0.15, 0.2) is 0 Å². The summed E-state index contributed by atoms with van der Waals surface area (Å²) in [5, 5.41) is 6.34. The van der Waals surface area contributed by atoms with Gasteiger partial charge in [0.1, 0.15) is 10.7 Å². The molecule has 1 heterocycles. The molecule has 1 aromatic carbocycles. The maximum atomic E-state index is 12.3. The number of hydrogen-bond donors (Lipinski definition) is 2. The Hall–Kier alpha value is -0.760. The average Bonchev–Trinajstić information content (AvgIpc) is 2.61. The number of hydrogen-bond acceptors (Lipinski definition) is 3. The smallest absolute Gasteiger partial charge is 0.263 e. The highest BCUT2D eigenvalue weighted by atomic mass is 79.9. The number of halogens is 3. The Morgan fingerprint density at radius 1 is 1.32 bits per heavy atom. The normalized spacial score (nSPS) is 11.6. The summed E-state index contributed by atoms with van der Waals surface area (Å²) in [6, 6.07) is 2.92. The second-order valence-corrected chi connectivity index (χ2v) is 7.08. The molecule has 19 heavy (non-hydrogen) atoms. The van der Waals surface area contributed by atoms with E-state index in [9.17, 15) is 8.42 Å². The monoisotopic (exact) mass is 383 g/mol. The molecule has 0 bridgehead atoms. The highest BCUT2D eigenvalue weighted by Crippen LogP contribution is 2.33. The Morgan fingerprint density at radius 3 is 2.37 bits per heavy atom. The molecule has 0 unspecified atom stereocenters. The third-order valence-corrected chi connectivity index (χ3v) is 5.03. The molecular weight excluding hydrogens is 377 g/mol. The first-order valence-electron chi connectivity index (χ1n) is 4.98. The average molecular weight is 385 g/mol. The molecular formula is C10H8BrCl2N3O2S. The van der Waals surface area contributed by atoms with Crippen LogP contribution >= 0.6 is 39.1 Å². The number of nitrogens with zero attached hydrogens (tertiary/aromatic N) is 1. The molecule has 5 nitrogen and oxygen atoms in total. The molecule has 102 valence electrons. The van der Waals surface area contributed by atoms with Crippen molar-refractivity contribution in [3.8, 4) is 0 Å². The van der Waals surface area contributed by atoms with Gasteiger partial charge < -0.3 is 0 Å². The van der Waals surface area contributed by atoms with Crippen LogP contribution in [-0.4, -0.2) is 18.6 Å². The summed E-state index contributed by atoms with van der Waals surface area (Å²) in [6.07, 6.45) is 1.50. The summed E-state index contributed by atoms with van der Waals surface area (Å²) in [5.74, 6) is 0.273. The summed E-state index contributed by atoms with van der Waals surface area (Å²) < 4.78 is 27.5. The van der Waals surface area contributed by atoms with E-state index in [0.29, 0.717) is 10.0 Å². The molecule has 9 heteroatoms. The predicted molar refractivity (Wildman–Crippen MR) is 78.3 cm³/mol. The van der Waals surface area contributed by atoms with Gasteiger partial charge in [-0.15, -0.1) is 0 Å². The van der Waals surface area contributed by atoms with Gasteiger partial charge in [0.2, 0.25) is 0 Å². The van der Waals surface area contributed by atoms with Gasteiger partial charge >= 0.3 is 0 Å². The predicted octanol–water partition coefficient (Wildman–Crippen LogP) is 3.59. The summed E-state index contributed by atoms with van der Waals surface area (Å²) in [4.78, 5) is -0.173. The van der Waals surface area contributed by atoms with Gasteiger partial charge in [0.25, 0.3) is 10.0 Å². The number of nitrogens with one attached hydrogen (secondary N) is 2. The van der Waals surface area contributed by atoms with E-state index in [0.717, 1.165) is 0 Å². The fourth-order valence-electron chi connectivity index (χ4n) is 1.42. The minimum absolute atomic E-state index is 0.0315. The lowest BCUT2D eigenvalue weighted by molar-refractivity contribution is 0.601. The number of rotatable bonds is 3. The van der Waals surface area contributed by atoms with E-state index in [1.807, 2.05) is 0 Å². The Bertz CT molecular complexity index is 707. The number of benzene rings is 1. The van der Waals surface area contributed by atoms with Crippen LogP contribution in [0.25, 0.3) is 0 Å². The summed E-state index contributed by atoms with van der Waals surface area (Å²) in [7, 11) is -3.89.